The second-order valence-corrected chi connectivity index (χ2v) is 9.81. The van der Waals surface area contributed by atoms with E-state index < -0.39 is 27.8 Å². The Labute approximate surface area is 202 Å². The number of amides is 2. The quantitative estimate of drug-likeness (QED) is 0.407. The summed E-state index contributed by atoms with van der Waals surface area (Å²) in [6, 6.07) is 13.7. The van der Waals surface area contributed by atoms with Gasteiger partial charge in [-0.1, -0.05) is 23.7 Å². The first-order chi connectivity index (χ1) is 16.0. The van der Waals surface area contributed by atoms with Crippen LogP contribution in [-0.2, 0) is 23.2 Å². The number of carbonyl (C=O) groups is 1. The molecule has 6 nitrogen and oxygen atoms in total. The van der Waals surface area contributed by atoms with Gasteiger partial charge >= 0.3 is 16.1 Å². The number of hydrogen-bond donors (Lipinski definition) is 1. The van der Waals surface area contributed by atoms with E-state index in [-0.39, 0.29) is 29.8 Å². The molecule has 0 heterocycles. The van der Waals surface area contributed by atoms with Crippen LogP contribution in [-0.4, -0.2) is 25.4 Å². The number of halogens is 3. The van der Waals surface area contributed by atoms with Gasteiger partial charge in [0.2, 0.25) is 0 Å². The fraction of sp³-hybridized carbons (Fsp3) is 0.208. The Hall–Kier alpha value is -3.17. The number of nitrogens with one attached hydrogen (secondary N) is 1. The summed E-state index contributed by atoms with van der Waals surface area (Å²) in [5, 5.41) is 3.11. The lowest BCUT2D eigenvalue weighted by Crippen LogP contribution is -2.42. The van der Waals surface area contributed by atoms with Gasteiger partial charge in [-0.2, -0.15) is 8.42 Å². The van der Waals surface area contributed by atoms with E-state index in [0.29, 0.717) is 16.1 Å². The first kappa shape index (κ1) is 25.5. The largest absolute Gasteiger partial charge is 0.379 e. The summed E-state index contributed by atoms with van der Waals surface area (Å²) < 4.78 is 57.3. The number of benzene rings is 3. The maximum atomic E-state index is 13.3. The molecule has 0 saturated carbocycles. The molecule has 0 spiro atoms. The summed E-state index contributed by atoms with van der Waals surface area (Å²) in [5.41, 5.74) is 1.00. The summed E-state index contributed by atoms with van der Waals surface area (Å²) in [6.07, 6.45) is 0. The number of nitrogens with zero attached hydrogens (tertiary/aromatic N) is 1. The van der Waals surface area contributed by atoms with Crippen LogP contribution in [0.15, 0.2) is 71.6 Å². The van der Waals surface area contributed by atoms with Crippen LogP contribution >= 0.6 is 11.6 Å². The average molecular weight is 509 g/mol. The first-order valence-corrected chi connectivity index (χ1v) is 12.1. The predicted molar refractivity (Wildman–Crippen MR) is 125 cm³/mol. The molecule has 0 atom stereocenters. The molecule has 0 saturated heterocycles. The number of urea groups is 1. The monoisotopic (exact) mass is 508 g/mol. The topological polar surface area (TPSA) is 75.7 Å². The molecule has 10 heteroatoms. The minimum Gasteiger partial charge on any atom is -0.379 e. The van der Waals surface area contributed by atoms with E-state index in [1.807, 2.05) is 0 Å². The fourth-order valence-electron chi connectivity index (χ4n) is 3.07. The molecule has 0 bridgehead atoms. The lowest BCUT2D eigenvalue weighted by Gasteiger charge is -2.25. The molecule has 1 N–H and O–H groups in total. The molecule has 3 aromatic rings. The zero-order chi connectivity index (χ0) is 24.9. The third-order valence-electron chi connectivity index (χ3n) is 4.67. The third-order valence-corrected chi connectivity index (χ3v) is 6.16. The van der Waals surface area contributed by atoms with Crippen LogP contribution in [0, 0.1) is 11.6 Å². The van der Waals surface area contributed by atoms with Crippen LogP contribution < -0.4 is 9.50 Å². The van der Waals surface area contributed by atoms with E-state index >= 15 is 0 Å². The van der Waals surface area contributed by atoms with Crippen LogP contribution in [0.3, 0.4) is 0 Å². The van der Waals surface area contributed by atoms with Crippen molar-refractivity contribution >= 4 is 27.8 Å². The molecule has 0 fully saturated rings. The van der Waals surface area contributed by atoms with Gasteiger partial charge in [0.25, 0.3) is 0 Å². The Balaban J connectivity index is 1.92. The van der Waals surface area contributed by atoms with Crippen molar-refractivity contribution in [3.05, 3.63) is 94.5 Å². The van der Waals surface area contributed by atoms with E-state index in [1.54, 1.807) is 26.0 Å². The van der Waals surface area contributed by atoms with E-state index in [1.165, 1.54) is 35.2 Å². The van der Waals surface area contributed by atoms with Gasteiger partial charge in [-0.05, 0) is 74.0 Å². The van der Waals surface area contributed by atoms with Gasteiger partial charge in [-0.15, -0.1) is 0 Å². The molecule has 3 aromatic carbocycles. The summed E-state index contributed by atoms with van der Waals surface area (Å²) in [7, 11) is -4.27. The van der Waals surface area contributed by atoms with Gasteiger partial charge in [0.15, 0.2) is 0 Å². The highest BCUT2D eigenvalue weighted by molar-refractivity contribution is 7.87. The van der Waals surface area contributed by atoms with E-state index in [2.05, 4.69) is 5.32 Å². The molecule has 2 amide bonds. The smallest absolute Gasteiger partial charge is 0.339 e. The zero-order valence-corrected chi connectivity index (χ0v) is 20.0. The minimum absolute atomic E-state index is 0.0322. The van der Waals surface area contributed by atoms with Gasteiger partial charge in [0.1, 0.15) is 22.3 Å². The van der Waals surface area contributed by atoms with Gasteiger partial charge in [0.05, 0.1) is 6.54 Å². The summed E-state index contributed by atoms with van der Waals surface area (Å²) in [6.45, 7) is 3.68. The fourth-order valence-corrected chi connectivity index (χ4v) is 4.23. The Morgan fingerprint density at radius 3 is 2.15 bits per heavy atom. The summed E-state index contributed by atoms with van der Waals surface area (Å²) >= 11 is 6.14. The SMILES string of the molecule is CC(C)NC(=O)N(Cc1ccc(F)cc1)Cc1cc(Cl)ccc1OS(=O)(=O)c1ccc(F)cc1. The molecule has 0 aliphatic carbocycles. The molecule has 0 radical (unpaired) electrons. The minimum atomic E-state index is -4.27. The van der Waals surface area contributed by atoms with Gasteiger partial charge in [-0.3, -0.25) is 0 Å². The van der Waals surface area contributed by atoms with Crippen LogP contribution in [0.25, 0.3) is 0 Å². The van der Waals surface area contributed by atoms with E-state index in [0.717, 1.165) is 24.3 Å². The maximum absolute atomic E-state index is 13.3. The van der Waals surface area contributed by atoms with Crippen molar-refractivity contribution in [2.45, 2.75) is 37.9 Å². The van der Waals surface area contributed by atoms with Gasteiger partial charge < -0.3 is 14.4 Å². The average Bonchev–Trinajstić information content (AvgIpc) is 2.76. The second-order valence-electron chi connectivity index (χ2n) is 7.83. The number of carbonyl (C=O) groups excluding carboxylic acids is 1. The number of hydrogen-bond acceptors (Lipinski definition) is 4. The highest BCUT2D eigenvalue weighted by Gasteiger charge is 2.22. The van der Waals surface area contributed by atoms with Crippen LogP contribution in [0.5, 0.6) is 5.75 Å². The highest BCUT2D eigenvalue weighted by Crippen LogP contribution is 2.28. The molecule has 180 valence electrons. The Kier molecular flexibility index (Phi) is 8.11. The molecule has 34 heavy (non-hydrogen) atoms. The summed E-state index contributed by atoms with van der Waals surface area (Å²) in [5.74, 6) is -1.02. The normalized spacial score (nSPS) is 11.4. The Morgan fingerprint density at radius 2 is 1.56 bits per heavy atom. The van der Waals surface area contributed by atoms with Crippen molar-refractivity contribution in [2.75, 3.05) is 0 Å². The van der Waals surface area contributed by atoms with Crippen molar-refractivity contribution < 1.29 is 26.2 Å². The molecule has 0 aromatic heterocycles. The van der Waals surface area contributed by atoms with E-state index in [9.17, 15) is 22.0 Å². The van der Waals surface area contributed by atoms with Crippen molar-refractivity contribution in [3.8, 4) is 5.75 Å². The molecular formula is C24H23ClF2N2O4S. The Morgan fingerprint density at radius 1 is 0.971 bits per heavy atom. The molecular weight excluding hydrogens is 486 g/mol. The number of rotatable bonds is 8. The maximum Gasteiger partial charge on any atom is 0.339 e. The van der Waals surface area contributed by atoms with Crippen molar-refractivity contribution in [3.63, 3.8) is 0 Å². The molecule has 3 rings (SSSR count). The van der Waals surface area contributed by atoms with Crippen LogP contribution in [0.2, 0.25) is 5.02 Å². The Bertz CT molecular complexity index is 1250. The lowest BCUT2D eigenvalue weighted by molar-refractivity contribution is 0.189. The highest BCUT2D eigenvalue weighted by atomic mass is 35.5. The lowest BCUT2D eigenvalue weighted by atomic mass is 10.1. The van der Waals surface area contributed by atoms with Crippen LogP contribution in [0.1, 0.15) is 25.0 Å². The van der Waals surface area contributed by atoms with Crippen molar-refractivity contribution in [1.82, 2.24) is 10.2 Å². The zero-order valence-electron chi connectivity index (χ0n) is 18.5. The first-order valence-electron chi connectivity index (χ1n) is 10.3. The van der Waals surface area contributed by atoms with Crippen molar-refractivity contribution in [1.29, 1.82) is 0 Å². The summed E-state index contributed by atoms with van der Waals surface area (Å²) in [4.78, 5) is 14.1. The van der Waals surface area contributed by atoms with Crippen molar-refractivity contribution in [2.24, 2.45) is 0 Å². The van der Waals surface area contributed by atoms with E-state index in [4.69, 9.17) is 15.8 Å². The molecule has 0 aliphatic heterocycles. The second kappa shape index (κ2) is 10.8. The van der Waals surface area contributed by atoms with Gasteiger partial charge in [0, 0.05) is 23.2 Å². The molecule has 0 aliphatic rings. The predicted octanol–water partition coefficient (Wildman–Crippen LogP) is 5.51. The molecule has 0 unspecified atom stereocenters. The van der Waals surface area contributed by atoms with Crippen LogP contribution in [0.4, 0.5) is 13.6 Å². The van der Waals surface area contributed by atoms with Gasteiger partial charge in [-0.25, -0.2) is 13.6 Å². The third kappa shape index (κ3) is 6.91. The standard InChI is InChI=1S/C24H23ClF2N2O4S/c1-16(2)28-24(30)29(14-17-3-6-20(26)7-4-17)15-18-13-19(25)5-12-23(18)33-34(31,32)22-10-8-21(27)9-11-22/h3-13,16H,14-15H2,1-2H3,(H,28,30).